The maximum absolute atomic E-state index is 11.5. The lowest BCUT2D eigenvalue weighted by Gasteiger charge is -2.15. The van der Waals surface area contributed by atoms with E-state index in [2.05, 4.69) is 15.5 Å². The summed E-state index contributed by atoms with van der Waals surface area (Å²) in [4.78, 5) is 13.2. The van der Waals surface area contributed by atoms with E-state index in [0.717, 1.165) is 5.56 Å². The SMILES string of the molecule is CNCCC(=O)N(C)Cc1cn[nH]c1. The molecule has 1 aromatic rings. The Labute approximate surface area is 83.5 Å². The van der Waals surface area contributed by atoms with Gasteiger partial charge in [0, 0.05) is 38.3 Å². The van der Waals surface area contributed by atoms with Gasteiger partial charge >= 0.3 is 0 Å². The molecule has 0 atom stereocenters. The first-order valence-corrected chi connectivity index (χ1v) is 4.60. The lowest BCUT2D eigenvalue weighted by molar-refractivity contribution is -0.130. The lowest BCUT2D eigenvalue weighted by Crippen LogP contribution is -2.28. The van der Waals surface area contributed by atoms with Crippen molar-refractivity contribution in [2.45, 2.75) is 13.0 Å². The highest BCUT2D eigenvalue weighted by Crippen LogP contribution is 2.00. The molecule has 0 aromatic carbocycles. The van der Waals surface area contributed by atoms with Crippen molar-refractivity contribution >= 4 is 5.91 Å². The summed E-state index contributed by atoms with van der Waals surface area (Å²) < 4.78 is 0. The van der Waals surface area contributed by atoms with Gasteiger partial charge in [0.05, 0.1) is 6.20 Å². The summed E-state index contributed by atoms with van der Waals surface area (Å²) in [6.07, 6.45) is 4.05. The Morgan fingerprint density at radius 3 is 3.07 bits per heavy atom. The minimum Gasteiger partial charge on any atom is -0.341 e. The molecule has 1 amide bonds. The molecule has 0 aliphatic rings. The number of carbonyl (C=O) groups is 1. The largest absolute Gasteiger partial charge is 0.341 e. The van der Waals surface area contributed by atoms with Gasteiger partial charge in [-0.05, 0) is 7.05 Å². The fraction of sp³-hybridized carbons (Fsp3) is 0.556. The third kappa shape index (κ3) is 3.18. The van der Waals surface area contributed by atoms with E-state index in [1.807, 2.05) is 7.05 Å². The molecular formula is C9H16N4O. The molecule has 0 aliphatic carbocycles. The van der Waals surface area contributed by atoms with Gasteiger partial charge in [-0.25, -0.2) is 0 Å². The van der Waals surface area contributed by atoms with Gasteiger partial charge in [-0.3, -0.25) is 9.89 Å². The van der Waals surface area contributed by atoms with Crippen LogP contribution in [-0.2, 0) is 11.3 Å². The molecule has 0 fully saturated rings. The van der Waals surface area contributed by atoms with E-state index in [1.165, 1.54) is 0 Å². The van der Waals surface area contributed by atoms with Gasteiger partial charge in [-0.15, -0.1) is 0 Å². The van der Waals surface area contributed by atoms with Crippen LogP contribution < -0.4 is 5.32 Å². The molecule has 1 rings (SSSR count). The standard InChI is InChI=1S/C9H16N4O/c1-10-4-3-9(14)13(2)7-8-5-11-12-6-8/h5-6,10H,3-4,7H2,1-2H3,(H,11,12). The number of nitrogens with zero attached hydrogens (tertiary/aromatic N) is 2. The fourth-order valence-corrected chi connectivity index (χ4v) is 1.15. The highest BCUT2D eigenvalue weighted by Gasteiger charge is 2.08. The van der Waals surface area contributed by atoms with Gasteiger partial charge in [0.2, 0.25) is 5.91 Å². The second kappa shape index (κ2) is 5.39. The Morgan fingerprint density at radius 1 is 1.71 bits per heavy atom. The van der Waals surface area contributed by atoms with E-state index in [9.17, 15) is 4.79 Å². The Morgan fingerprint density at radius 2 is 2.50 bits per heavy atom. The zero-order chi connectivity index (χ0) is 10.4. The van der Waals surface area contributed by atoms with Gasteiger partial charge < -0.3 is 10.2 Å². The number of nitrogens with one attached hydrogen (secondary N) is 2. The maximum atomic E-state index is 11.5. The second-order valence-electron chi connectivity index (χ2n) is 3.21. The number of aromatic nitrogens is 2. The van der Waals surface area contributed by atoms with Crippen LogP contribution in [-0.4, -0.2) is 41.6 Å². The second-order valence-corrected chi connectivity index (χ2v) is 3.21. The average Bonchev–Trinajstić information content (AvgIpc) is 2.66. The minimum absolute atomic E-state index is 0.139. The van der Waals surface area contributed by atoms with Crippen LogP contribution in [0.2, 0.25) is 0 Å². The molecule has 2 N–H and O–H groups in total. The van der Waals surface area contributed by atoms with Gasteiger partial charge in [0.1, 0.15) is 0 Å². The fourth-order valence-electron chi connectivity index (χ4n) is 1.15. The molecule has 5 nitrogen and oxygen atoms in total. The molecule has 0 saturated carbocycles. The van der Waals surface area contributed by atoms with Gasteiger partial charge in [0.25, 0.3) is 0 Å². The van der Waals surface area contributed by atoms with Crippen molar-refractivity contribution in [2.24, 2.45) is 0 Å². The number of hydrogen-bond donors (Lipinski definition) is 2. The molecule has 0 aliphatic heterocycles. The first-order valence-electron chi connectivity index (χ1n) is 4.60. The Hall–Kier alpha value is -1.36. The first kappa shape index (κ1) is 10.7. The van der Waals surface area contributed by atoms with Crippen molar-refractivity contribution in [1.29, 1.82) is 0 Å². The highest BCUT2D eigenvalue weighted by atomic mass is 16.2. The van der Waals surface area contributed by atoms with Crippen LogP contribution >= 0.6 is 0 Å². The van der Waals surface area contributed by atoms with Crippen molar-refractivity contribution in [1.82, 2.24) is 20.4 Å². The number of aromatic amines is 1. The molecule has 78 valence electrons. The smallest absolute Gasteiger partial charge is 0.223 e. The molecule has 0 bridgehead atoms. The summed E-state index contributed by atoms with van der Waals surface area (Å²) in [7, 11) is 3.63. The van der Waals surface area contributed by atoms with Crippen molar-refractivity contribution in [2.75, 3.05) is 20.6 Å². The third-order valence-corrected chi connectivity index (χ3v) is 1.99. The van der Waals surface area contributed by atoms with Crippen LogP contribution in [0, 0.1) is 0 Å². The van der Waals surface area contributed by atoms with E-state index < -0.39 is 0 Å². The molecule has 0 unspecified atom stereocenters. The lowest BCUT2D eigenvalue weighted by atomic mass is 10.3. The van der Waals surface area contributed by atoms with Crippen molar-refractivity contribution in [3.63, 3.8) is 0 Å². The van der Waals surface area contributed by atoms with Crippen molar-refractivity contribution in [3.05, 3.63) is 18.0 Å². The number of H-pyrrole nitrogens is 1. The van der Waals surface area contributed by atoms with Crippen molar-refractivity contribution < 1.29 is 4.79 Å². The zero-order valence-electron chi connectivity index (χ0n) is 8.58. The van der Waals surface area contributed by atoms with Crippen LogP contribution in [0.25, 0.3) is 0 Å². The van der Waals surface area contributed by atoms with Gasteiger partial charge in [-0.2, -0.15) is 5.10 Å². The maximum Gasteiger partial charge on any atom is 0.223 e. The van der Waals surface area contributed by atoms with E-state index in [0.29, 0.717) is 19.5 Å². The summed E-state index contributed by atoms with van der Waals surface area (Å²) in [5.41, 5.74) is 1.02. The number of carbonyl (C=O) groups excluding carboxylic acids is 1. The van der Waals surface area contributed by atoms with Gasteiger partial charge in [-0.1, -0.05) is 0 Å². The monoisotopic (exact) mass is 196 g/mol. The average molecular weight is 196 g/mol. The molecular weight excluding hydrogens is 180 g/mol. The third-order valence-electron chi connectivity index (χ3n) is 1.99. The van der Waals surface area contributed by atoms with Crippen LogP contribution in [0.5, 0.6) is 0 Å². The molecule has 0 saturated heterocycles. The quantitative estimate of drug-likeness (QED) is 0.695. The van der Waals surface area contributed by atoms with Crippen LogP contribution in [0.15, 0.2) is 12.4 Å². The Kier molecular flexibility index (Phi) is 4.12. The predicted molar refractivity (Wildman–Crippen MR) is 53.6 cm³/mol. The number of rotatable bonds is 5. The van der Waals surface area contributed by atoms with Crippen LogP contribution in [0.1, 0.15) is 12.0 Å². The summed E-state index contributed by atoms with van der Waals surface area (Å²) in [5, 5.41) is 9.48. The summed E-state index contributed by atoms with van der Waals surface area (Å²) in [6.45, 7) is 1.33. The van der Waals surface area contributed by atoms with Crippen LogP contribution in [0.4, 0.5) is 0 Å². The topological polar surface area (TPSA) is 61.0 Å². The zero-order valence-corrected chi connectivity index (χ0v) is 8.58. The van der Waals surface area contributed by atoms with E-state index in [1.54, 1.807) is 24.3 Å². The Balaban J connectivity index is 2.34. The minimum atomic E-state index is 0.139. The van der Waals surface area contributed by atoms with Gasteiger partial charge in [0.15, 0.2) is 0 Å². The molecule has 0 radical (unpaired) electrons. The molecule has 1 aromatic heterocycles. The predicted octanol–water partition coefficient (Wildman–Crippen LogP) is -0.0224. The van der Waals surface area contributed by atoms with E-state index in [4.69, 9.17) is 0 Å². The molecule has 14 heavy (non-hydrogen) atoms. The molecule has 1 heterocycles. The highest BCUT2D eigenvalue weighted by molar-refractivity contribution is 5.76. The molecule has 5 heteroatoms. The summed E-state index contributed by atoms with van der Waals surface area (Å²) in [6, 6.07) is 0. The van der Waals surface area contributed by atoms with Crippen molar-refractivity contribution in [3.8, 4) is 0 Å². The molecule has 0 spiro atoms. The summed E-state index contributed by atoms with van der Waals surface area (Å²) in [5.74, 6) is 0.139. The van der Waals surface area contributed by atoms with E-state index in [-0.39, 0.29) is 5.91 Å². The number of hydrogen-bond acceptors (Lipinski definition) is 3. The van der Waals surface area contributed by atoms with E-state index >= 15 is 0 Å². The van der Waals surface area contributed by atoms with Crippen LogP contribution in [0.3, 0.4) is 0 Å². The Bertz CT molecular complexity index is 270. The number of amides is 1. The summed E-state index contributed by atoms with van der Waals surface area (Å²) >= 11 is 0. The first-order chi connectivity index (χ1) is 6.74. The normalized spacial score (nSPS) is 10.1.